The van der Waals surface area contributed by atoms with Crippen LogP contribution in [0, 0.1) is 0 Å². The fourth-order valence-electron chi connectivity index (χ4n) is 2.26. The number of carbonyl (C=O) groups excluding carboxylic acids is 1. The minimum absolute atomic E-state index is 0.0402. The monoisotopic (exact) mass is 292 g/mol. The second kappa shape index (κ2) is 8.06. The molecule has 0 aliphatic rings. The van der Waals surface area contributed by atoms with E-state index in [-0.39, 0.29) is 12.6 Å². The van der Waals surface area contributed by atoms with Gasteiger partial charge in [-0.2, -0.15) is 0 Å². The van der Waals surface area contributed by atoms with E-state index in [4.69, 9.17) is 9.47 Å². The molecule has 0 fully saturated rings. The van der Waals surface area contributed by atoms with Gasteiger partial charge >= 0.3 is 5.97 Å². The van der Waals surface area contributed by atoms with Crippen molar-refractivity contribution in [3.05, 3.63) is 29.3 Å². The topological polar surface area (TPSA) is 35.5 Å². The third kappa shape index (κ3) is 6.19. The Morgan fingerprint density at radius 1 is 1.19 bits per heavy atom. The number of unbranched alkanes of at least 4 members (excludes halogenated alkanes) is 1. The lowest BCUT2D eigenvalue weighted by Gasteiger charge is -2.20. The summed E-state index contributed by atoms with van der Waals surface area (Å²) in [6.07, 6.45) is 4.31. The molecule has 0 unspecified atom stereocenters. The van der Waals surface area contributed by atoms with Crippen molar-refractivity contribution in [2.24, 2.45) is 0 Å². The molecule has 0 heterocycles. The van der Waals surface area contributed by atoms with Crippen LogP contribution in [-0.2, 0) is 22.4 Å². The van der Waals surface area contributed by atoms with Crippen LogP contribution in [0.2, 0.25) is 0 Å². The molecule has 0 aliphatic heterocycles. The molecule has 0 aliphatic carbocycles. The average Bonchev–Trinajstić information content (AvgIpc) is 2.40. The Labute approximate surface area is 128 Å². The first-order chi connectivity index (χ1) is 9.87. The predicted octanol–water partition coefficient (Wildman–Crippen LogP) is 4.31. The smallest absolute Gasteiger partial charge is 0.344 e. The van der Waals surface area contributed by atoms with Crippen molar-refractivity contribution < 1.29 is 14.3 Å². The maximum Gasteiger partial charge on any atom is 0.344 e. The molecule has 1 aromatic carbocycles. The van der Waals surface area contributed by atoms with Crippen molar-refractivity contribution in [3.63, 3.8) is 0 Å². The summed E-state index contributed by atoms with van der Waals surface area (Å²) in [5.41, 5.74) is 2.05. The highest BCUT2D eigenvalue weighted by molar-refractivity contribution is 5.71. The molecule has 0 saturated carbocycles. The van der Waals surface area contributed by atoms with E-state index in [9.17, 15) is 4.79 Å². The Hall–Kier alpha value is -1.51. The molecule has 0 N–H and O–H groups in total. The molecule has 0 amide bonds. The summed E-state index contributed by atoms with van der Waals surface area (Å²) in [6.45, 7) is 9.83. The van der Waals surface area contributed by atoms with Gasteiger partial charge in [-0.3, -0.25) is 0 Å². The van der Waals surface area contributed by atoms with Crippen molar-refractivity contribution in [1.82, 2.24) is 0 Å². The molecule has 0 aromatic heterocycles. The van der Waals surface area contributed by atoms with Crippen LogP contribution >= 0.6 is 0 Å². The number of esters is 1. The van der Waals surface area contributed by atoms with Crippen LogP contribution < -0.4 is 4.74 Å². The zero-order chi connectivity index (χ0) is 15.9. The van der Waals surface area contributed by atoms with Crippen molar-refractivity contribution in [3.8, 4) is 5.75 Å². The molecule has 1 aromatic rings. The third-order valence-electron chi connectivity index (χ3n) is 3.15. The van der Waals surface area contributed by atoms with E-state index in [1.807, 2.05) is 32.9 Å². The summed E-state index contributed by atoms with van der Waals surface area (Å²) in [4.78, 5) is 11.7. The minimum atomic E-state index is -0.475. The van der Waals surface area contributed by atoms with Crippen LogP contribution in [0.25, 0.3) is 0 Å². The fourth-order valence-corrected chi connectivity index (χ4v) is 2.26. The zero-order valence-electron chi connectivity index (χ0n) is 14.0. The number of ether oxygens (including phenoxy) is 2. The number of benzene rings is 1. The van der Waals surface area contributed by atoms with Gasteiger partial charge in [-0.05, 0) is 57.2 Å². The van der Waals surface area contributed by atoms with Gasteiger partial charge in [0.1, 0.15) is 11.4 Å². The SMILES string of the molecule is CCCCc1cccc(OCC(=O)OC(C)(C)C)c1CC. The zero-order valence-corrected chi connectivity index (χ0v) is 14.0. The van der Waals surface area contributed by atoms with Gasteiger partial charge in [-0.15, -0.1) is 0 Å². The first-order valence-corrected chi connectivity index (χ1v) is 7.82. The van der Waals surface area contributed by atoms with Crippen molar-refractivity contribution in [2.75, 3.05) is 6.61 Å². The summed E-state index contributed by atoms with van der Waals surface area (Å²) in [5, 5.41) is 0. The Bertz CT molecular complexity index is 458. The lowest BCUT2D eigenvalue weighted by Crippen LogP contribution is -2.27. The highest BCUT2D eigenvalue weighted by Crippen LogP contribution is 2.24. The molecule has 0 radical (unpaired) electrons. The number of hydrogen-bond donors (Lipinski definition) is 0. The van der Waals surface area contributed by atoms with E-state index in [0.29, 0.717) is 0 Å². The maximum absolute atomic E-state index is 11.7. The highest BCUT2D eigenvalue weighted by Gasteiger charge is 2.17. The third-order valence-corrected chi connectivity index (χ3v) is 3.15. The minimum Gasteiger partial charge on any atom is -0.482 e. The molecule has 0 bridgehead atoms. The second-order valence-corrected chi connectivity index (χ2v) is 6.23. The van der Waals surface area contributed by atoms with E-state index < -0.39 is 5.60 Å². The van der Waals surface area contributed by atoms with Crippen LogP contribution in [0.15, 0.2) is 18.2 Å². The van der Waals surface area contributed by atoms with Crippen molar-refractivity contribution in [2.45, 2.75) is 65.9 Å². The molecule has 21 heavy (non-hydrogen) atoms. The van der Waals surface area contributed by atoms with E-state index >= 15 is 0 Å². The number of rotatable bonds is 7. The second-order valence-electron chi connectivity index (χ2n) is 6.23. The maximum atomic E-state index is 11.7. The standard InChI is InChI=1S/C18H28O3/c1-6-8-10-14-11-9-12-16(15(14)7-2)20-13-17(19)21-18(3,4)5/h9,11-12H,6-8,10,13H2,1-5H3. The lowest BCUT2D eigenvalue weighted by atomic mass is 9.99. The Morgan fingerprint density at radius 2 is 1.90 bits per heavy atom. The van der Waals surface area contributed by atoms with E-state index in [2.05, 4.69) is 19.9 Å². The summed E-state index contributed by atoms with van der Waals surface area (Å²) < 4.78 is 10.9. The highest BCUT2D eigenvalue weighted by atomic mass is 16.6. The normalized spacial score (nSPS) is 11.3. The average molecular weight is 292 g/mol. The van der Waals surface area contributed by atoms with E-state index in [1.165, 1.54) is 24.0 Å². The lowest BCUT2D eigenvalue weighted by molar-refractivity contribution is -0.157. The Morgan fingerprint density at radius 3 is 2.48 bits per heavy atom. The summed E-state index contributed by atoms with van der Waals surface area (Å²) in [7, 11) is 0. The van der Waals surface area contributed by atoms with Gasteiger partial charge < -0.3 is 9.47 Å². The van der Waals surface area contributed by atoms with Gasteiger partial charge in [0, 0.05) is 0 Å². The molecule has 3 nitrogen and oxygen atoms in total. The molecule has 0 atom stereocenters. The Balaban J connectivity index is 2.72. The van der Waals surface area contributed by atoms with Gasteiger partial charge in [0.2, 0.25) is 0 Å². The fraction of sp³-hybridized carbons (Fsp3) is 0.611. The van der Waals surface area contributed by atoms with Crippen LogP contribution in [0.4, 0.5) is 0 Å². The Kier molecular flexibility index (Phi) is 6.73. The van der Waals surface area contributed by atoms with E-state index in [1.54, 1.807) is 0 Å². The molecular weight excluding hydrogens is 264 g/mol. The summed E-state index contributed by atoms with van der Waals surface area (Å²) in [6, 6.07) is 6.07. The quantitative estimate of drug-likeness (QED) is 0.702. The van der Waals surface area contributed by atoms with Crippen LogP contribution in [0.1, 0.15) is 58.6 Å². The number of hydrogen-bond acceptors (Lipinski definition) is 3. The molecule has 118 valence electrons. The van der Waals surface area contributed by atoms with Crippen LogP contribution in [-0.4, -0.2) is 18.2 Å². The molecule has 0 saturated heterocycles. The van der Waals surface area contributed by atoms with Crippen LogP contribution in [0.5, 0.6) is 5.75 Å². The van der Waals surface area contributed by atoms with Gasteiger partial charge in [0.25, 0.3) is 0 Å². The number of carbonyl (C=O) groups is 1. The summed E-state index contributed by atoms with van der Waals surface area (Å²) >= 11 is 0. The molecule has 0 spiro atoms. The predicted molar refractivity (Wildman–Crippen MR) is 85.8 cm³/mol. The van der Waals surface area contributed by atoms with Gasteiger partial charge in [0.15, 0.2) is 6.61 Å². The van der Waals surface area contributed by atoms with Crippen molar-refractivity contribution >= 4 is 5.97 Å². The van der Waals surface area contributed by atoms with Gasteiger partial charge in [-0.1, -0.05) is 32.4 Å². The van der Waals surface area contributed by atoms with Crippen LogP contribution in [0.3, 0.4) is 0 Å². The molecule has 1 rings (SSSR count). The molecule has 3 heteroatoms. The van der Waals surface area contributed by atoms with Gasteiger partial charge in [-0.25, -0.2) is 4.79 Å². The largest absolute Gasteiger partial charge is 0.482 e. The van der Waals surface area contributed by atoms with E-state index in [0.717, 1.165) is 18.6 Å². The first kappa shape index (κ1) is 17.5. The van der Waals surface area contributed by atoms with Crippen molar-refractivity contribution in [1.29, 1.82) is 0 Å². The first-order valence-electron chi connectivity index (χ1n) is 7.82. The molecular formula is C18H28O3. The van der Waals surface area contributed by atoms with Gasteiger partial charge in [0.05, 0.1) is 0 Å². The summed E-state index contributed by atoms with van der Waals surface area (Å²) in [5.74, 6) is 0.473. The number of aryl methyl sites for hydroxylation is 1.